The minimum Gasteiger partial charge on any atom is -0.481 e. The molecule has 0 aromatic heterocycles. The van der Waals surface area contributed by atoms with Gasteiger partial charge in [-0.05, 0) is 55.7 Å². The molecule has 0 radical (unpaired) electrons. The van der Waals surface area contributed by atoms with Crippen molar-refractivity contribution in [2.75, 3.05) is 17.2 Å². The maximum Gasteiger partial charge on any atom is 0.262 e. The molecule has 136 valence electrons. The number of hydrogen-bond acceptors (Lipinski definition) is 3. The summed E-state index contributed by atoms with van der Waals surface area (Å²) in [6.07, 6.45) is 1.84. The van der Waals surface area contributed by atoms with Gasteiger partial charge in [-0.3, -0.25) is 9.59 Å². The summed E-state index contributed by atoms with van der Waals surface area (Å²) < 4.78 is 19.5. The van der Waals surface area contributed by atoms with Crippen LogP contribution < -0.4 is 15.4 Å². The number of nitrogens with one attached hydrogen (secondary N) is 2. The van der Waals surface area contributed by atoms with E-state index in [9.17, 15) is 14.0 Å². The van der Waals surface area contributed by atoms with Crippen LogP contribution in [-0.4, -0.2) is 18.4 Å². The number of carbonyl (C=O) groups is 2. The Hall–Kier alpha value is -2.41. The van der Waals surface area contributed by atoms with Crippen molar-refractivity contribution in [2.24, 2.45) is 5.92 Å². The molecule has 2 N–H and O–H groups in total. The Morgan fingerprint density at radius 2 is 1.96 bits per heavy atom. The lowest BCUT2D eigenvalue weighted by Crippen LogP contribution is -2.21. The van der Waals surface area contributed by atoms with E-state index in [4.69, 9.17) is 4.74 Å². The Bertz CT molecular complexity index is 853. The van der Waals surface area contributed by atoms with E-state index >= 15 is 0 Å². The van der Waals surface area contributed by atoms with Crippen molar-refractivity contribution < 1.29 is 18.7 Å². The molecule has 0 bridgehead atoms. The monoisotopic (exact) mass is 420 g/mol. The first kappa shape index (κ1) is 18.4. The molecule has 0 atom stereocenters. The van der Waals surface area contributed by atoms with Crippen LogP contribution in [0.2, 0.25) is 0 Å². The normalized spacial score (nSPS) is 13.2. The molecule has 0 unspecified atom stereocenters. The van der Waals surface area contributed by atoms with E-state index in [1.165, 1.54) is 12.1 Å². The summed E-state index contributed by atoms with van der Waals surface area (Å²) in [6, 6.07) is 9.65. The highest BCUT2D eigenvalue weighted by Crippen LogP contribution is 2.31. The molecule has 1 saturated carbocycles. The Morgan fingerprint density at radius 3 is 2.65 bits per heavy atom. The number of amides is 2. The van der Waals surface area contributed by atoms with Crippen LogP contribution in [0, 0.1) is 18.7 Å². The lowest BCUT2D eigenvalue weighted by Gasteiger charge is -2.12. The van der Waals surface area contributed by atoms with Crippen LogP contribution in [-0.2, 0) is 9.59 Å². The van der Waals surface area contributed by atoms with E-state index < -0.39 is 11.7 Å². The van der Waals surface area contributed by atoms with Crippen LogP contribution in [0.4, 0.5) is 15.8 Å². The van der Waals surface area contributed by atoms with Crippen LogP contribution in [0.5, 0.6) is 5.75 Å². The third-order valence-corrected chi connectivity index (χ3v) is 4.47. The highest BCUT2D eigenvalue weighted by atomic mass is 79.9. The molecule has 2 aromatic rings. The number of benzene rings is 2. The molecular weight excluding hydrogens is 403 g/mol. The summed E-state index contributed by atoms with van der Waals surface area (Å²) in [5.41, 5.74) is 2.05. The molecule has 0 saturated heterocycles. The molecule has 1 aliphatic rings. The highest BCUT2D eigenvalue weighted by Gasteiger charge is 2.29. The second-order valence-corrected chi connectivity index (χ2v) is 7.12. The van der Waals surface area contributed by atoms with Gasteiger partial charge in [0.1, 0.15) is 0 Å². The molecule has 7 heteroatoms. The van der Waals surface area contributed by atoms with Gasteiger partial charge in [-0.2, -0.15) is 0 Å². The van der Waals surface area contributed by atoms with E-state index in [2.05, 4.69) is 26.6 Å². The number of carbonyl (C=O) groups excluding carboxylic acids is 2. The minimum absolute atomic E-state index is 0.000163. The first-order chi connectivity index (χ1) is 12.4. The Morgan fingerprint density at radius 1 is 1.19 bits per heavy atom. The van der Waals surface area contributed by atoms with Crippen molar-refractivity contribution in [2.45, 2.75) is 19.8 Å². The highest BCUT2D eigenvalue weighted by molar-refractivity contribution is 9.10. The van der Waals surface area contributed by atoms with Gasteiger partial charge in [0.25, 0.3) is 5.91 Å². The number of aryl methyl sites for hydroxylation is 1. The summed E-state index contributed by atoms with van der Waals surface area (Å²) in [6.45, 7) is 1.52. The maximum atomic E-state index is 13.7. The van der Waals surface area contributed by atoms with Crippen molar-refractivity contribution in [3.8, 4) is 5.75 Å². The fourth-order valence-electron chi connectivity index (χ4n) is 2.35. The molecule has 0 aliphatic heterocycles. The van der Waals surface area contributed by atoms with Crippen molar-refractivity contribution in [1.29, 1.82) is 0 Å². The zero-order chi connectivity index (χ0) is 18.7. The van der Waals surface area contributed by atoms with Gasteiger partial charge in [0.2, 0.25) is 5.91 Å². The van der Waals surface area contributed by atoms with Gasteiger partial charge in [-0.15, -0.1) is 0 Å². The average molecular weight is 421 g/mol. The topological polar surface area (TPSA) is 67.4 Å². The predicted molar refractivity (Wildman–Crippen MR) is 101 cm³/mol. The van der Waals surface area contributed by atoms with Crippen LogP contribution >= 0.6 is 15.9 Å². The number of anilines is 2. The molecule has 2 amide bonds. The zero-order valence-corrected chi connectivity index (χ0v) is 15.7. The van der Waals surface area contributed by atoms with Gasteiger partial charge in [-0.1, -0.05) is 22.0 Å². The van der Waals surface area contributed by atoms with E-state index in [0.29, 0.717) is 15.8 Å². The van der Waals surface area contributed by atoms with Crippen molar-refractivity contribution in [3.05, 3.63) is 52.3 Å². The number of rotatable bonds is 6. The second-order valence-electron chi connectivity index (χ2n) is 6.20. The minimum atomic E-state index is -0.548. The number of ether oxygens (including phenoxy) is 1. The lowest BCUT2D eigenvalue weighted by atomic mass is 10.1. The van der Waals surface area contributed by atoms with E-state index in [1.807, 2.05) is 13.0 Å². The molecule has 1 aliphatic carbocycles. The summed E-state index contributed by atoms with van der Waals surface area (Å²) >= 11 is 3.16. The molecule has 0 heterocycles. The molecule has 2 aromatic carbocycles. The first-order valence-corrected chi connectivity index (χ1v) is 9.01. The van der Waals surface area contributed by atoms with E-state index in [1.54, 1.807) is 18.2 Å². The van der Waals surface area contributed by atoms with Crippen LogP contribution in [0.1, 0.15) is 18.4 Å². The van der Waals surface area contributed by atoms with Crippen LogP contribution in [0.15, 0.2) is 40.9 Å². The molecule has 0 spiro atoms. The van der Waals surface area contributed by atoms with E-state index in [-0.39, 0.29) is 24.2 Å². The van der Waals surface area contributed by atoms with Crippen molar-refractivity contribution >= 4 is 39.1 Å². The summed E-state index contributed by atoms with van der Waals surface area (Å²) in [7, 11) is 0. The van der Waals surface area contributed by atoms with Crippen molar-refractivity contribution in [3.63, 3.8) is 0 Å². The lowest BCUT2D eigenvalue weighted by molar-refractivity contribution is -0.118. The molecular formula is C19H18BrFN2O3. The molecule has 3 rings (SSSR count). The zero-order valence-electron chi connectivity index (χ0n) is 14.1. The fourth-order valence-corrected chi connectivity index (χ4v) is 2.68. The standard InChI is InChI=1S/C19H18BrFN2O3/c1-11-2-6-14(22-19(25)12-3-4-12)9-16(11)23-18(24)10-26-17-7-5-13(20)8-15(17)21/h2,5-9,12H,3-4,10H2,1H3,(H,22,25)(H,23,24). The SMILES string of the molecule is Cc1ccc(NC(=O)C2CC2)cc1NC(=O)COc1ccc(Br)cc1F. The van der Waals surface area contributed by atoms with Crippen LogP contribution in [0.25, 0.3) is 0 Å². The average Bonchev–Trinajstić information content (AvgIpc) is 3.42. The quantitative estimate of drug-likeness (QED) is 0.733. The largest absolute Gasteiger partial charge is 0.481 e. The Kier molecular flexibility index (Phi) is 5.56. The predicted octanol–water partition coefficient (Wildman–Crippen LogP) is 4.26. The summed E-state index contributed by atoms with van der Waals surface area (Å²) in [5.74, 6) is -0.858. The third kappa shape index (κ3) is 4.82. The van der Waals surface area contributed by atoms with Gasteiger partial charge >= 0.3 is 0 Å². The third-order valence-electron chi connectivity index (χ3n) is 3.98. The van der Waals surface area contributed by atoms with E-state index in [0.717, 1.165) is 18.4 Å². The summed E-state index contributed by atoms with van der Waals surface area (Å²) in [5, 5.41) is 5.56. The molecule has 26 heavy (non-hydrogen) atoms. The molecule has 5 nitrogen and oxygen atoms in total. The smallest absolute Gasteiger partial charge is 0.262 e. The Labute approximate surface area is 159 Å². The van der Waals surface area contributed by atoms with Crippen molar-refractivity contribution in [1.82, 2.24) is 0 Å². The number of halogens is 2. The van der Waals surface area contributed by atoms with Gasteiger partial charge < -0.3 is 15.4 Å². The fraction of sp³-hybridized carbons (Fsp3) is 0.263. The van der Waals surface area contributed by atoms with Gasteiger partial charge in [0, 0.05) is 21.8 Å². The second kappa shape index (κ2) is 7.86. The number of hydrogen-bond donors (Lipinski definition) is 2. The summed E-state index contributed by atoms with van der Waals surface area (Å²) in [4.78, 5) is 24.0. The van der Waals surface area contributed by atoms with Gasteiger partial charge in [0.15, 0.2) is 18.2 Å². The van der Waals surface area contributed by atoms with Gasteiger partial charge in [-0.25, -0.2) is 4.39 Å². The van der Waals surface area contributed by atoms with Gasteiger partial charge in [0.05, 0.1) is 0 Å². The Balaban J connectivity index is 1.60. The maximum absolute atomic E-state index is 13.7. The first-order valence-electron chi connectivity index (χ1n) is 8.21. The van der Waals surface area contributed by atoms with Crippen LogP contribution in [0.3, 0.4) is 0 Å². The molecule has 1 fully saturated rings.